The number of aromatic nitrogens is 2. The number of nitrogens with one attached hydrogen (secondary N) is 4. The number of hydrogen-bond donors (Lipinski definition) is 4. The van der Waals surface area contributed by atoms with Gasteiger partial charge in [-0.25, -0.2) is 20.2 Å². The van der Waals surface area contributed by atoms with E-state index in [1.165, 1.54) is 23.2 Å². The van der Waals surface area contributed by atoms with E-state index in [0.29, 0.717) is 11.5 Å². The van der Waals surface area contributed by atoms with Crippen molar-refractivity contribution >= 4 is 45.0 Å². The van der Waals surface area contributed by atoms with E-state index in [2.05, 4.69) is 31.5 Å². The molecule has 0 saturated carbocycles. The highest BCUT2D eigenvalue weighted by Crippen LogP contribution is 2.37. The summed E-state index contributed by atoms with van der Waals surface area (Å²) in [5.41, 5.74) is 6.64. The van der Waals surface area contributed by atoms with E-state index in [-0.39, 0.29) is 12.5 Å². The highest BCUT2D eigenvalue weighted by Gasteiger charge is 2.20. The number of hydrogen-bond acceptors (Lipinski definition) is 6. The van der Waals surface area contributed by atoms with Gasteiger partial charge in [0.05, 0.1) is 11.9 Å². The average Bonchev–Trinajstić information content (AvgIpc) is 3.10. The van der Waals surface area contributed by atoms with Gasteiger partial charge in [0, 0.05) is 10.6 Å². The van der Waals surface area contributed by atoms with Crippen molar-refractivity contribution < 1.29 is 9.59 Å². The van der Waals surface area contributed by atoms with Crippen LogP contribution in [0.1, 0.15) is 23.3 Å². The predicted octanol–water partition coefficient (Wildman–Crippen LogP) is 2.83. The molecule has 9 heteroatoms. The van der Waals surface area contributed by atoms with Gasteiger partial charge in [0.15, 0.2) is 0 Å². The van der Waals surface area contributed by atoms with Crippen LogP contribution in [0.2, 0.25) is 0 Å². The molecule has 28 heavy (non-hydrogen) atoms. The van der Waals surface area contributed by atoms with Gasteiger partial charge < -0.3 is 10.6 Å². The fraction of sp³-hybridized carbons (Fsp3) is 0.263. The van der Waals surface area contributed by atoms with Crippen molar-refractivity contribution in [1.82, 2.24) is 20.8 Å². The summed E-state index contributed by atoms with van der Waals surface area (Å²) in [6, 6.07) is 8.46. The predicted molar refractivity (Wildman–Crippen MR) is 109 cm³/mol. The van der Waals surface area contributed by atoms with Crippen LogP contribution in [0.3, 0.4) is 0 Å². The summed E-state index contributed by atoms with van der Waals surface area (Å²) in [6.45, 7) is -0.0116. The molecule has 3 aromatic rings. The van der Waals surface area contributed by atoms with E-state index in [9.17, 15) is 9.59 Å². The first-order valence-corrected chi connectivity index (χ1v) is 9.92. The third-order valence-electron chi connectivity index (χ3n) is 4.51. The van der Waals surface area contributed by atoms with Gasteiger partial charge in [-0.05, 0) is 43.4 Å². The number of aryl methyl sites for hydroxylation is 2. The van der Waals surface area contributed by atoms with Gasteiger partial charge in [-0.2, -0.15) is 0 Å². The number of amides is 3. The van der Waals surface area contributed by atoms with Crippen molar-refractivity contribution in [3.05, 3.63) is 47.1 Å². The van der Waals surface area contributed by atoms with E-state index in [1.807, 2.05) is 18.2 Å². The summed E-state index contributed by atoms with van der Waals surface area (Å²) < 4.78 is 0. The van der Waals surface area contributed by atoms with Crippen molar-refractivity contribution in [1.29, 1.82) is 0 Å². The van der Waals surface area contributed by atoms with Crippen LogP contribution < -0.4 is 21.5 Å². The second-order valence-corrected chi connectivity index (χ2v) is 7.54. The van der Waals surface area contributed by atoms with Crippen molar-refractivity contribution in [2.45, 2.75) is 25.7 Å². The summed E-state index contributed by atoms with van der Waals surface area (Å²) in [4.78, 5) is 34.9. The minimum Gasteiger partial charge on any atom is -0.360 e. The van der Waals surface area contributed by atoms with Gasteiger partial charge in [-0.3, -0.25) is 10.2 Å². The maximum Gasteiger partial charge on any atom is 0.337 e. The van der Waals surface area contributed by atoms with Gasteiger partial charge >= 0.3 is 6.03 Å². The van der Waals surface area contributed by atoms with Crippen LogP contribution in [0.4, 0.5) is 16.3 Å². The lowest BCUT2D eigenvalue weighted by atomic mass is 9.97. The summed E-state index contributed by atoms with van der Waals surface area (Å²) in [5.74, 6) is 0.285. The number of carbonyl (C=O) groups excluding carboxylic acids is 2. The standard InChI is InChI=1S/C19H20N6O2S/c26-15(24-25-19(27)23-12-6-2-1-3-7-12)10-20-17-16-13-8-4-5-9-14(13)28-18(16)22-11-21-17/h1-3,6-7,11H,4-5,8-10H2,(H,24,26)(H,20,21,22)(H2,23,25,27). The smallest absolute Gasteiger partial charge is 0.337 e. The molecule has 2 aromatic heterocycles. The first-order valence-electron chi connectivity index (χ1n) is 9.11. The molecule has 1 aliphatic rings. The molecule has 0 saturated heterocycles. The Kier molecular flexibility index (Phi) is 5.34. The molecule has 8 nitrogen and oxygen atoms in total. The van der Waals surface area contributed by atoms with Crippen LogP contribution >= 0.6 is 11.3 Å². The summed E-state index contributed by atoms with van der Waals surface area (Å²) in [5, 5.41) is 6.71. The molecule has 0 radical (unpaired) electrons. The molecule has 0 unspecified atom stereocenters. The van der Waals surface area contributed by atoms with Crippen LogP contribution in [0.5, 0.6) is 0 Å². The lowest BCUT2D eigenvalue weighted by molar-refractivity contribution is -0.120. The Morgan fingerprint density at radius 3 is 2.71 bits per heavy atom. The van der Waals surface area contributed by atoms with Crippen LogP contribution in [0, 0.1) is 0 Å². The molecule has 144 valence electrons. The first kappa shape index (κ1) is 18.2. The monoisotopic (exact) mass is 396 g/mol. The Morgan fingerprint density at radius 2 is 1.86 bits per heavy atom. The van der Waals surface area contributed by atoms with Gasteiger partial charge in [0.2, 0.25) is 0 Å². The second kappa shape index (κ2) is 8.22. The van der Waals surface area contributed by atoms with E-state index in [1.54, 1.807) is 23.5 Å². The molecule has 0 spiro atoms. The Bertz CT molecular complexity index is 1000. The maximum atomic E-state index is 12.1. The number of benzene rings is 1. The summed E-state index contributed by atoms with van der Waals surface area (Å²) in [7, 11) is 0. The minimum absolute atomic E-state index is 0.0116. The molecule has 4 N–H and O–H groups in total. The number of para-hydroxylation sites is 1. The highest BCUT2D eigenvalue weighted by atomic mass is 32.1. The Balaban J connectivity index is 1.34. The number of thiophene rings is 1. The van der Waals surface area contributed by atoms with Crippen molar-refractivity contribution in [3.63, 3.8) is 0 Å². The SMILES string of the molecule is O=C(CNc1ncnc2sc3c(c12)CCCC3)NNC(=O)Nc1ccccc1. The normalized spacial score (nSPS) is 12.9. The number of anilines is 2. The number of nitrogens with zero attached hydrogens (tertiary/aromatic N) is 2. The fourth-order valence-corrected chi connectivity index (χ4v) is 4.47. The van der Waals surface area contributed by atoms with Crippen LogP contribution in [-0.4, -0.2) is 28.5 Å². The molecule has 1 aromatic carbocycles. The largest absolute Gasteiger partial charge is 0.360 e. The lowest BCUT2D eigenvalue weighted by Crippen LogP contribution is -2.46. The molecule has 0 aliphatic heterocycles. The van der Waals surface area contributed by atoms with Gasteiger partial charge in [0.1, 0.15) is 17.0 Å². The van der Waals surface area contributed by atoms with Gasteiger partial charge in [-0.15, -0.1) is 11.3 Å². The minimum atomic E-state index is -0.518. The zero-order valence-electron chi connectivity index (χ0n) is 15.1. The van der Waals surface area contributed by atoms with Crippen molar-refractivity contribution in [2.24, 2.45) is 0 Å². The molecule has 0 fully saturated rings. The first-order chi connectivity index (χ1) is 13.7. The zero-order chi connectivity index (χ0) is 19.3. The van der Waals surface area contributed by atoms with E-state index in [4.69, 9.17) is 0 Å². The topological polar surface area (TPSA) is 108 Å². The number of hydrazine groups is 1. The Morgan fingerprint density at radius 1 is 1.04 bits per heavy atom. The maximum absolute atomic E-state index is 12.1. The number of fused-ring (bicyclic) bond motifs is 3. The van der Waals surface area contributed by atoms with E-state index in [0.717, 1.165) is 29.5 Å². The molecule has 0 bridgehead atoms. The molecule has 3 amide bonds. The van der Waals surface area contributed by atoms with Crippen LogP contribution in [0.25, 0.3) is 10.2 Å². The van der Waals surface area contributed by atoms with E-state index >= 15 is 0 Å². The summed E-state index contributed by atoms with van der Waals surface area (Å²) >= 11 is 1.71. The number of carbonyl (C=O) groups is 2. The fourth-order valence-electron chi connectivity index (χ4n) is 3.24. The van der Waals surface area contributed by atoms with Gasteiger partial charge in [-0.1, -0.05) is 18.2 Å². The van der Waals surface area contributed by atoms with E-state index < -0.39 is 6.03 Å². The second-order valence-electron chi connectivity index (χ2n) is 6.46. The Labute approximate surface area is 165 Å². The average molecular weight is 396 g/mol. The van der Waals surface area contributed by atoms with Crippen molar-refractivity contribution in [3.8, 4) is 0 Å². The quantitative estimate of drug-likeness (QED) is 0.507. The Hall–Kier alpha value is -3.20. The molecule has 4 rings (SSSR count). The number of rotatable bonds is 4. The zero-order valence-corrected chi connectivity index (χ0v) is 15.9. The lowest BCUT2D eigenvalue weighted by Gasteiger charge is -2.13. The highest BCUT2D eigenvalue weighted by molar-refractivity contribution is 7.19. The molecule has 2 heterocycles. The number of urea groups is 1. The molecule has 0 atom stereocenters. The van der Waals surface area contributed by atoms with Crippen LogP contribution in [-0.2, 0) is 17.6 Å². The van der Waals surface area contributed by atoms with Crippen molar-refractivity contribution in [2.75, 3.05) is 17.2 Å². The molecular formula is C19H20N6O2S. The third kappa shape index (κ3) is 4.04. The summed E-state index contributed by atoms with van der Waals surface area (Å²) in [6.07, 6.45) is 5.97. The van der Waals surface area contributed by atoms with Gasteiger partial charge in [0.25, 0.3) is 5.91 Å². The van der Waals surface area contributed by atoms with Crippen LogP contribution in [0.15, 0.2) is 36.7 Å². The molecule has 1 aliphatic carbocycles. The third-order valence-corrected chi connectivity index (χ3v) is 5.71. The molecular weight excluding hydrogens is 376 g/mol.